The van der Waals surface area contributed by atoms with Crippen molar-refractivity contribution in [3.8, 4) is 0 Å². The Morgan fingerprint density at radius 3 is 2.53 bits per heavy atom. The Labute approximate surface area is 193 Å². The minimum atomic E-state index is -0.186. The number of hydrogen-bond acceptors (Lipinski definition) is 7. The SMILES string of the molecule is CC(/C=N\NC(=O)CSc1nnc(SCc2ccc(Cl)cc2)s1)=C\c1ccccc1. The van der Waals surface area contributed by atoms with Crippen molar-refractivity contribution >= 4 is 64.7 Å². The van der Waals surface area contributed by atoms with E-state index in [4.69, 9.17) is 11.6 Å². The number of nitrogens with one attached hydrogen (secondary N) is 1. The summed E-state index contributed by atoms with van der Waals surface area (Å²) in [6, 6.07) is 17.7. The van der Waals surface area contributed by atoms with Crippen LogP contribution in [0.2, 0.25) is 5.02 Å². The number of benzene rings is 2. The predicted molar refractivity (Wildman–Crippen MR) is 128 cm³/mol. The molecule has 3 aromatic rings. The summed E-state index contributed by atoms with van der Waals surface area (Å²) in [7, 11) is 0. The smallest absolute Gasteiger partial charge is 0.250 e. The number of carbonyl (C=O) groups excluding carboxylic acids is 1. The highest BCUT2D eigenvalue weighted by atomic mass is 35.5. The number of allylic oxidation sites excluding steroid dienone is 1. The molecule has 0 fully saturated rings. The zero-order valence-corrected chi connectivity index (χ0v) is 19.3. The van der Waals surface area contributed by atoms with Crippen LogP contribution in [-0.2, 0) is 10.5 Å². The van der Waals surface area contributed by atoms with Gasteiger partial charge < -0.3 is 0 Å². The maximum Gasteiger partial charge on any atom is 0.250 e. The molecule has 0 atom stereocenters. The van der Waals surface area contributed by atoms with Crippen LogP contribution in [0.4, 0.5) is 0 Å². The summed E-state index contributed by atoms with van der Waals surface area (Å²) in [5.41, 5.74) is 5.74. The summed E-state index contributed by atoms with van der Waals surface area (Å²) in [5.74, 6) is 0.839. The fraction of sp³-hybridized carbons (Fsp3) is 0.143. The van der Waals surface area contributed by atoms with Crippen LogP contribution in [0.1, 0.15) is 18.1 Å². The second kappa shape index (κ2) is 11.9. The van der Waals surface area contributed by atoms with E-state index in [9.17, 15) is 4.79 Å². The Morgan fingerprint density at radius 1 is 1.10 bits per heavy atom. The molecule has 0 aliphatic heterocycles. The standard InChI is InChI=1S/C21H19ClN4OS3/c1-15(11-16-5-3-2-4-6-16)12-23-24-19(27)14-29-21-26-25-20(30-21)28-13-17-7-9-18(22)10-8-17/h2-12H,13-14H2,1H3,(H,24,27)/b15-11+,23-12-. The normalized spacial score (nSPS) is 11.7. The van der Waals surface area contributed by atoms with Crippen molar-refractivity contribution in [1.29, 1.82) is 0 Å². The Morgan fingerprint density at radius 2 is 1.80 bits per heavy atom. The van der Waals surface area contributed by atoms with Gasteiger partial charge in [-0.15, -0.1) is 10.2 Å². The highest BCUT2D eigenvalue weighted by Crippen LogP contribution is 2.30. The molecule has 2 aromatic carbocycles. The second-order valence-electron chi connectivity index (χ2n) is 6.13. The molecule has 3 rings (SSSR count). The third-order valence-electron chi connectivity index (χ3n) is 3.64. The lowest BCUT2D eigenvalue weighted by molar-refractivity contribution is -0.118. The van der Waals surface area contributed by atoms with Crippen LogP contribution in [0, 0.1) is 0 Å². The van der Waals surface area contributed by atoms with Crippen LogP contribution in [0.25, 0.3) is 6.08 Å². The Hall–Kier alpha value is -2.13. The van der Waals surface area contributed by atoms with Gasteiger partial charge in [0.25, 0.3) is 5.91 Å². The summed E-state index contributed by atoms with van der Waals surface area (Å²) in [4.78, 5) is 12.0. The first-order chi connectivity index (χ1) is 14.6. The summed E-state index contributed by atoms with van der Waals surface area (Å²) >= 11 is 10.3. The van der Waals surface area contributed by atoms with Crippen molar-refractivity contribution in [2.24, 2.45) is 5.10 Å². The van der Waals surface area contributed by atoms with Gasteiger partial charge in [-0.2, -0.15) is 5.10 Å². The molecule has 1 heterocycles. The topological polar surface area (TPSA) is 67.2 Å². The van der Waals surface area contributed by atoms with Gasteiger partial charge in [0.15, 0.2) is 8.68 Å². The zero-order valence-electron chi connectivity index (χ0n) is 16.1. The molecular weight excluding hydrogens is 456 g/mol. The number of halogens is 1. The molecule has 0 saturated carbocycles. The van der Waals surface area contributed by atoms with Gasteiger partial charge >= 0.3 is 0 Å². The number of hydrogen-bond donors (Lipinski definition) is 1. The summed E-state index contributed by atoms with van der Waals surface area (Å²) in [6.07, 6.45) is 3.63. The molecule has 0 radical (unpaired) electrons. The quantitative estimate of drug-likeness (QED) is 0.242. The maximum atomic E-state index is 12.0. The van der Waals surface area contributed by atoms with Crippen LogP contribution in [0.5, 0.6) is 0 Å². The lowest BCUT2D eigenvalue weighted by atomic mass is 10.1. The van der Waals surface area contributed by atoms with Crippen molar-refractivity contribution in [3.05, 3.63) is 76.3 Å². The van der Waals surface area contributed by atoms with Gasteiger partial charge in [0, 0.05) is 10.8 Å². The van der Waals surface area contributed by atoms with Gasteiger partial charge in [0.2, 0.25) is 0 Å². The van der Waals surface area contributed by atoms with Crippen LogP contribution in [-0.4, -0.2) is 28.1 Å². The molecule has 0 aliphatic carbocycles. The molecule has 1 amide bonds. The molecule has 0 unspecified atom stereocenters. The Bertz CT molecular complexity index is 1020. The maximum absolute atomic E-state index is 12.0. The number of thioether (sulfide) groups is 2. The molecule has 0 aliphatic rings. The Balaban J connectivity index is 1.39. The number of nitrogens with zero attached hydrogens (tertiary/aromatic N) is 3. The number of rotatable bonds is 9. The summed E-state index contributed by atoms with van der Waals surface area (Å²) in [5, 5.41) is 13.0. The highest BCUT2D eigenvalue weighted by molar-refractivity contribution is 8.03. The minimum absolute atomic E-state index is 0.186. The first-order valence-corrected chi connectivity index (χ1v) is 12.1. The van der Waals surface area contributed by atoms with Crippen molar-refractivity contribution in [2.75, 3.05) is 5.75 Å². The van der Waals surface area contributed by atoms with Gasteiger partial charge in [-0.25, -0.2) is 5.43 Å². The Kier molecular flexibility index (Phi) is 8.95. The monoisotopic (exact) mass is 474 g/mol. The van der Waals surface area contributed by atoms with Crippen LogP contribution < -0.4 is 5.43 Å². The van der Waals surface area contributed by atoms with Gasteiger partial charge in [0.1, 0.15) is 0 Å². The molecule has 0 saturated heterocycles. The van der Waals surface area contributed by atoms with Crippen molar-refractivity contribution in [1.82, 2.24) is 15.6 Å². The molecule has 0 bridgehead atoms. The minimum Gasteiger partial charge on any atom is -0.272 e. The fourth-order valence-electron chi connectivity index (χ4n) is 2.25. The van der Waals surface area contributed by atoms with Crippen LogP contribution in [0.3, 0.4) is 0 Å². The van der Waals surface area contributed by atoms with Crippen molar-refractivity contribution in [2.45, 2.75) is 21.4 Å². The van der Waals surface area contributed by atoms with Crippen molar-refractivity contribution < 1.29 is 4.79 Å². The van der Waals surface area contributed by atoms with Gasteiger partial charge in [-0.05, 0) is 35.8 Å². The highest BCUT2D eigenvalue weighted by Gasteiger charge is 2.08. The van der Waals surface area contributed by atoms with Crippen LogP contribution in [0.15, 0.2) is 74.0 Å². The van der Waals surface area contributed by atoms with E-state index < -0.39 is 0 Å². The fourth-order valence-corrected chi connectivity index (χ4v) is 5.15. The van der Waals surface area contributed by atoms with E-state index in [2.05, 4.69) is 20.7 Å². The van der Waals surface area contributed by atoms with E-state index in [-0.39, 0.29) is 11.7 Å². The molecule has 5 nitrogen and oxygen atoms in total. The van der Waals surface area contributed by atoms with Crippen molar-refractivity contribution in [3.63, 3.8) is 0 Å². The largest absolute Gasteiger partial charge is 0.272 e. The van der Waals surface area contributed by atoms with Gasteiger partial charge in [-0.1, -0.05) is 95.0 Å². The van der Waals surface area contributed by atoms with Gasteiger partial charge in [0.05, 0.1) is 12.0 Å². The summed E-state index contributed by atoms with van der Waals surface area (Å²) < 4.78 is 1.63. The van der Waals surface area contributed by atoms with E-state index in [0.717, 1.165) is 30.6 Å². The van der Waals surface area contributed by atoms with E-state index in [0.29, 0.717) is 0 Å². The first kappa shape index (κ1) is 22.6. The second-order valence-corrected chi connectivity index (χ2v) is 9.99. The van der Waals surface area contributed by atoms with E-state index in [1.807, 2.05) is 67.6 Å². The van der Waals surface area contributed by atoms with Crippen LogP contribution >= 0.6 is 46.5 Å². The number of amides is 1. The molecule has 1 N–H and O–H groups in total. The zero-order chi connectivity index (χ0) is 21.2. The average molecular weight is 475 g/mol. The number of carbonyl (C=O) groups is 1. The molecular formula is C21H19ClN4OS3. The third-order valence-corrected chi connectivity index (χ3v) is 7.15. The number of aromatic nitrogens is 2. The third kappa shape index (κ3) is 7.95. The summed E-state index contributed by atoms with van der Waals surface area (Å²) in [6.45, 7) is 1.93. The average Bonchev–Trinajstić information content (AvgIpc) is 3.20. The molecule has 1 aromatic heterocycles. The predicted octanol–water partition coefficient (Wildman–Crippen LogP) is 5.78. The van der Waals surface area contributed by atoms with Gasteiger partial charge in [-0.3, -0.25) is 4.79 Å². The molecule has 0 spiro atoms. The van der Waals surface area contributed by atoms with E-state index in [1.165, 1.54) is 28.7 Å². The first-order valence-electron chi connectivity index (χ1n) is 8.97. The van der Waals surface area contributed by atoms with E-state index in [1.54, 1.807) is 18.0 Å². The molecule has 154 valence electrons. The lowest BCUT2D eigenvalue weighted by Crippen LogP contribution is -2.19. The van der Waals surface area contributed by atoms with E-state index >= 15 is 0 Å². The molecule has 9 heteroatoms. The molecule has 30 heavy (non-hydrogen) atoms. The number of hydrazone groups is 1. The lowest BCUT2D eigenvalue weighted by Gasteiger charge is -1.98.